The molecule has 0 radical (unpaired) electrons. The highest BCUT2D eigenvalue weighted by atomic mass is 79.9. The standard InChI is InChI=1S/C12H8BrFN2/c13-10-3-6-12(16-8-10)15-7-9-1-4-11(14)5-2-9/h1-8H. The summed E-state index contributed by atoms with van der Waals surface area (Å²) >= 11 is 3.29. The third-order valence-electron chi connectivity index (χ3n) is 1.93. The van der Waals surface area contributed by atoms with Crippen LogP contribution in [-0.2, 0) is 0 Å². The Morgan fingerprint density at radius 3 is 2.50 bits per heavy atom. The molecule has 0 amide bonds. The van der Waals surface area contributed by atoms with Gasteiger partial charge >= 0.3 is 0 Å². The molecule has 0 spiro atoms. The highest BCUT2D eigenvalue weighted by Crippen LogP contribution is 2.12. The molecule has 1 aromatic heterocycles. The van der Waals surface area contributed by atoms with Crippen molar-refractivity contribution in [2.75, 3.05) is 0 Å². The molecule has 2 nitrogen and oxygen atoms in total. The van der Waals surface area contributed by atoms with Crippen molar-refractivity contribution >= 4 is 28.0 Å². The Morgan fingerprint density at radius 1 is 1.12 bits per heavy atom. The minimum atomic E-state index is -0.251. The largest absolute Gasteiger partial charge is 0.237 e. The molecule has 0 N–H and O–H groups in total. The van der Waals surface area contributed by atoms with Crippen LogP contribution in [0.5, 0.6) is 0 Å². The summed E-state index contributed by atoms with van der Waals surface area (Å²) in [4.78, 5) is 8.26. The first kappa shape index (κ1) is 11.0. The number of rotatable bonds is 2. The van der Waals surface area contributed by atoms with E-state index in [4.69, 9.17) is 0 Å². The van der Waals surface area contributed by atoms with Crippen molar-refractivity contribution in [1.82, 2.24) is 4.98 Å². The van der Waals surface area contributed by atoms with Crippen molar-refractivity contribution in [3.63, 3.8) is 0 Å². The highest BCUT2D eigenvalue weighted by molar-refractivity contribution is 9.10. The van der Waals surface area contributed by atoms with Crippen LogP contribution >= 0.6 is 15.9 Å². The van der Waals surface area contributed by atoms with E-state index in [9.17, 15) is 4.39 Å². The molecule has 1 heterocycles. The maximum absolute atomic E-state index is 12.6. The highest BCUT2D eigenvalue weighted by Gasteiger charge is 1.92. The van der Waals surface area contributed by atoms with Gasteiger partial charge in [-0.3, -0.25) is 0 Å². The third kappa shape index (κ3) is 2.97. The third-order valence-corrected chi connectivity index (χ3v) is 2.40. The first-order valence-corrected chi connectivity index (χ1v) is 5.44. The van der Waals surface area contributed by atoms with Crippen LogP contribution in [0.3, 0.4) is 0 Å². The van der Waals surface area contributed by atoms with Crippen molar-refractivity contribution in [2.45, 2.75) is 0 Å². The van der Waals surface area contributed by atoms with E-state index in [0.29, 0.717) is 5.82 Å². The predicted molar refractivity (Wildman–Crippen MR) is 65.6 cm³/mol. The zero-order valence-corrected chi connectivity index (χ0v) is 9.86. The normalized spacial score (nSPS) is 10.9. The minimum Gasteiger partial charge on any atom is -0.237 e. The monoisotopic (exact) mass is 278 g/mol. The van der Waals surface area contributed by atoms with E-state index in [1.165, 1.54) is 12.1 Å². The van der Waals surface area contributed by atoms with E-state index in [2.05, 4.69) is 25.9 Å². The second-order valence-corrected chi connectivity index (χ2v) is 4.06. The number of halogens is 2. The molecule has 80 valence electrons. The Hall–Kier alpha value is -1.55. The number of pyridine rings is 1. The van der Waals surface area contributed by atoms with Crippen molar-refractivity contribution in [3.05, 3.63) is 58.4 Å². The van der Waals surface area contributed by atoms with Crippen LogP contribution in [-0.4, -0.2) is 11.2 Å². The molecule has 0 atom stereocenters. The Bertz CT molecular complexity index is 444. The minimum absolute atomic E-state index is 0.251. The van der Waals surface area contributed by atoms with Crippen molar-refractivity contribution in [2.24, 2.45) is 4.99 Å². The molecule has 0 saturated heterocycles. The first-order valence-electron chi connectivity index (χ1n) is 4.65. The smallest absolute Gasteiger partial charge is 0.151 e. The lowest BCUT2D eigenvalue weighted by molar-refractivity contribution is 0.628. The molecule has 0 fully saturated rings. The van der Waals surface area contributed by atoms with Gasteiger partial charge < -0.3 is 0 Å². The molecule has 0 aliphatic heterocycles. The summed E-state index contributed by atoms with van der Waals surface area (Å²) < 4.78 is 13.5. The SMILES string of the molecule is Fc1ccc(C=Nc2ccc(Br)cn2)cc1. The van der Waals surface area contributed by atoms with Crippen molar-refractivity contribution in [3.8, 4) is 0 Å². The van der Waals surface area contributed by atoms with Gasteiger partial charge in [0.05, 0.1) is 0 Å². The number of hydrogen-bond donors (Lipinski definition) is 0. The summed E-state index contributed by atoms with van der Waals surface area (Å²) in [6.45, 7) is 0. The lowest BCUT2D eigenvalue weighted by atomic mass is 10.2. The van der Waals surface area contributed by atoms with Crippen LogP contribution in [0.4, 0.5) is 10.2 Å². The Balaban J connectivity index is 2.15. The molecule has 0 saturated carbocycles. The average Bonchev–Trinajstić information content (AvgIpc) is 2.30. The second kappa shape index (κ2) is 4.99. The number of nitrogens with zero attached hydrogens (tertiary/aromatic N) is 2. The van der Waals surface area contributed by atoms with Gasteiger partial charge in [0.1, 0.15) is 5.82 Å². The van der Waals surface area contributed by atoms with Gasteiger partial charge in [0.15, 0.2) is 5.82 Å². The lowest BCUT2D eigenvalue weighted by Crippen LogP contribution is -1.81. The van der Waals surface area contributed by atoms with E-state index in [0.717, 1.165) is 10.0 Å². The maximum Gasteiger partial charge on any atom is 0.151 e. The summed E-state index contributed by atoms with van der Waals surface area (Å²) in [6.07, 6.45) is 3.33. The number of aliphatic imine (C=N–C) groups is 1. The fraction of sp³-hybridized carbons (Fsp3) is 0. The van der Waals surface area contributed by atoms with Gasteiger partial charge in [0.2, 0.25) is 0 Å². The molecule has 16 heavy (non-hydrogen) atoms. The molecule has 0 bridgehead atoms. The molecule has 0 aliphatic carbocycles. The quantitative estimate of drug-likeness (QED) is 0.769. The van der Waals surface area contributed by atoms with Crippen LogP contribution in [0.2, 0.25) is 0 Å². The second-order valence-electron chi connectivity index (χ2n) is 3.14. The van der Waals surface area contributed by atoms with Crippen LogP contribution in [0.15, 0.2) is 52.1 Å². The van der Waals surface area contributed by atoms with Crippen LogP contribution in [0, 0.1) is 5.82 Å². The van der Waals surface area contributed by atoms with Crippen molar-refractivity contribution < 1.29 is 4.39 Å². The number of hydrogen-bond acceptors (Lipinski definition) is 2. The van der Waals surface area contributed by atoms with Crippen LogP contribution in [0.1, 0.15) is 5.56 Å². The maximum atomic E-state index is 12.6. The Labute approximate surface area is 101 Å². The number of aromatic nitrogens is 1. The molecule has 2 aromatic rings. The Kier molecular flexibility index (Phi) is 3.41. The zero-order chi connectivity index (χ0) is 11.4. The van der Waals surface area contributed by atoms with E-state index in [1.807, 2.05) is 6.07 Å². The topological polar surface area (TPSA) is 25.2 Å². The number of benzene rings is 1. The summed E-state index contributed by atoms with van der Waals surface area (Å²) in [5, 5.41) is 0. The van der Waals surface area contributed by atoms with Gasteiger partial charge in [0, 0.05) is 16.9 Å². The van der Waals surface area contributed by atoms with E-state index < -0.39 is 0 Å². The van der Waals surface area contributed by atoms with E-state index in [-0.39, 0.29) is 5.82 Å². The Morgan fingerprint density at radius 2 is 1.88 bits per heavy atom. The molecule has 0 unspecified atom stereocenters. The molecule has 2 rings (SSSR count). The molecular formula is C12H8BrFN2. The molecule has 4 heteroatoms. The van der Waals surface area contributed by atoms with Crippen LogP contribution in [0.25, 0.3) is 0 Å². The summed E-state index contributed by atoms with van der Waals surface area (Å²) in [6, 6.07) is 9.79. The summed E-state index contributed by atoms with van der Waals surface area (Å²) in [5.74, 6) is 0.367. The van der Waals surface area contributed by atoms with Gasteiger partial charge in [-0.25, -0.2) is 14.4 Å². The average molecular weight is 279 g/mol. The van der Waals surface area contributed by atoms with E-state index in [1.54, 1.807) is 30.6 Å². The summed E-state index contributed by atoms with van der Waals surface area (Å²) in [5.41, 5.74) is 0.839. The van der Waals surface area contributed by atoms with Gasteiger partial charge in [-0.15, -0.1) is 0 Å². The van der Waals surface area contributed by atoms with Gasteiger partial charge in [-0.2, -0.15) is 0 Å². The van der Waals surface area contributed by atoms with Crippen LogP contribution < -0.4 is 0 Å². The first-order chi connectivity index (χ1) is 7.74. The molecule has 0 aliphatic rings. The summed E-state index contributed by atoms with van der Waals surface area (Å²) in [7, 11) is 0. The van der Waals surface area contributed by atoms with Gasteiger partial charge in [-0.1, -0.05) is 12.1 Å². The molecule has 1 aromatic carbocycles. The fourth-order valence-electron chi connectivity index (χ4n) is 1.13. The van der Waals surface area contributed by atoms with Gasteiger partial charge in [0.25, 0.3) is 0 Å². The fourth-order valence-corrected chi connectivity index (χ4v) is 1.37. The predicted octanol–water partition coefficient (Wildman–Crippen LogP) is 3.73. The molecular weight excluding hydrogens is 271 g/mol. The van der Waals surface area contributed by atoms with Gasteiger partial charge in [-0.05, 0) is 45.8 Å². The lowest BCUT2D eigenvalue weighted by Gasteiger charge is -1.94. The van der Waals surface area contributed by atoms with Crippen molar-refractivity contribution in [1.29, 1.82) is 0 Å². The zero-order valence-electron chi connectivity index (χ0n) is 8.27. The van der Waals surface area contributed by atoms with E-state index >= 15 is 0 Å².